The number of halogens is 1. The van der Waals surface area contributed by atoms with Crippen LogP contribution in [-0.4, -0.2) is 14.9 Å². The fraction of sp³-hybridized carbons (Fsp3) is 0.250. The zero-order valence-electron chi connectivity index (χ0n) is 9.18. The second kappa shape index (κ2) is 4.03. The summed E-state index contributed by atoms with van der Waals surface area (Å²) in [5.41, 5.74) is 0.635. The minimum absolute atomic E-state index is 0.789. The van der Waals surface area contributed by atoms with Crippen LogP contribution in [0.4, 0.5) is 0 Å². The monoisotopic (exact) mass is 280 g/mol. The highest BCUT2D eigenvalue weighted by atomic mass is 79.9. The van der Waals surface area contributed by atoms with E-state index in [-0.39, 0.29) is 0 Å². The van der Waals surface area contributed by atoms with Crippen molar-refractivity contribution in [2.45, 2.75) is 12.5 Å². The summed E-state index contributed by atoms with van der Waals surface area (Å²) in [4.78, 5) is 0. The Labute approximate surface area is 103 Å². The van der Waals surface area contributed by atoms with Gasteiger partial charge in [-0.15, -0.1) is 0 Å². The molecule has 1 atom stereocenters. The fourth-order valence-corrected chi connectivity index (χ4v) is 1.88. The Morgan fingerprint density at radius 1 is 1.25 bits per heavy atom. The van der Waals surface area contributed by atoms with Crippen molar-refractivity contribution in [1.82, 2.24) is 9.78 Å². The first-order valence-electron chi connectivity index (χ1n) is 4.97. The third-order valence-corrected chi connectivity index (χ3v) is 3.20. The normalized spacial score (nSPS) is 14.8. The van der Waals surface area contributed by atoms with Gasteiger partial charge in [-0.05, 0) is 24.6 Å². The summed E-state index contributed by atoms with van der Waals surface area (Å²) in [6, 6.07) is 7.63. The maximum absolute atomic E-state index is 10.5. The van der Waals surface area contributed by atoms with E-state index in [0.717, 1.165) is 15.6 Å². The summed E-state index contributed by atoms with van der Waals surface area (Å²) in [6.45, 7) is 1.77. The molecule has 1 aromatic heterocycles. The van der Waals surface area contributed by atoms with Gasteiger partial charge >= 0.3 is 0 Å². The predicted octanol–water partition coefficient (Wildman–Crippen LogP) is 2.44. The lowest BCUT2D eigenvalue weighted by Crippen LogP contribution is -2.22. The molecule has 3 nitrogen and oxygen atoms in total. The van der Waals surface area contributed by atoms with Crippen LogP contribution in [-0.2, 0) is 12.6 Å². The van der Waals surface area contributed by atoms with Gasteiger partial charge in [-0.2, -0.15) is 5.10 Å². The molecule has 0 bridgehead atoms. The van der Waals surface area contributed by atoms with Gasteiger partial charge in [-0.25, -0.2) is 0 Å². The van der Waals surface area contributed by atoms with Gasteiger partial charge in [0.2, 0.25) is 0 Å². The minimum atomic E-state index is -1.01. The van der Waals surface area contributed by atoms with Crippen molar-refractivity contribution in [3.05, 3.63) is 52.3 Å². The summed E-state index contributed by atoms with van der Waals surface area (Å²) in [5, 5.41) is 14.6. The van der Waals surface area contributed by atoms with Gasteiger partial charge in [0.15, 0.2) is 0 Å². The molecule has 0 fully saturated rings. The number of rotatable bonds is 2. The van der Waals surface area contributed by atoms with E-state index in [0.29, 0.717) is 0 Å². The molecule has 0 aliphatic heterocycles. The average molecular weight is 281 g/mol. The standard InChI is InChI=1S/C12H13BrN2O/c1-12(16,10-7-14-15(2)8-10)9-3-5-11(13)6-4-9/h3-8,16H,1-2H3. The van der Waals surface area contributed by atoms with Gasteiger partial charge in [-0.1, -0.05) is 28.1 Å². The van der Waals surface area contributed by atoms with Crippen LogP contribution in [0.5, 0.6) is 0 Å². The van der Waals surface area contributed by atoms with Crippen molar-refractivity contribution in [3.63, 3.8) is 0 Å². The first kappa shape index (κ1) is 11.4. The summed E-state index contributed by atoms with van der Waals surface area (Å²) >= 11 is 3.37. The highest BCUT2D eigenvalue weighted by Crippen LogP contribution is 2.29. The van der Waals surface area contributed by atoms with E-state index in [1.165, 1.54) is 0 Å². The lowest BCUT2D eigenvalue weighted by molar-refractivity contribution is 0.102. The number of aliphatic hydroxyl groups is 1. The van der Waals surface area contributed by atoms with E-state index in [2.05, 4.69) is 21.0 Å². The molecule has 1 aromatic carbocycles. The van der Waals surface area contributed by atoms with E-state index in [9.17, 15) is 5.11 Å². The lowest BCUT2D eigenvalue weighted by Gasteiger charge is -2.22. The molecule has 2 rings (SSSR count). The van der Waals surface area contributed by atoms with Crippen molar-refractivity contribution in [3.8, 4) is 0 Å². The zero-order chi connectivity index (χ0) is 11.8. The van der Waals surface area contributed by atoms with Crippen LogP contribution < -0.4 is 0 Å². The second-order valence-electron chi connectivity index (χ2n) is 3.98. The van der Waals surface area contributed by atoms with Gasteiger partial charge in [0, 0.05) is 23.3 Å². The fourth-order valence-electron chi connectivity index (χ4n) is 1.61. The molecule has 0 aliphatic rings. The first-order valence-corrected chi connectivity index (χ1v) is 5.77. The summed E-state index contributed by atoms with van der Waals surface area (Å²) in [6.07, 6.45) is 3.50. The summed E-state index contributed by atoms with van der Waals surface area (Å²) in [5.74, 6) is 0. The molecular weight excluding hydrogens is 268 g/mol. The van der Waals surface area contributed by atoms with Crippen molar-refractivity contribution < 1.29 is 5.11 Å². The maximum atomic E-state index is 10.5. The number of aromatic nitrogens is 2. The van der Waals surface area contributed by atoms with Crippen LogP contribution >= 0.6 is 15.9 Å². The van der Waals surface area contributed by atoms with Crippen molar-refractivity contribution in [2.75, 3.05) is 0 Å². The van der Waals surface area contributed by atoms with Crippen LogP contribution in [0.15, 0.2) is 41.1 Å². The number of hydrogen-bond donors (Lipinski definition) is 1. The quantitative estimate of drug-likeness (QED) is 0.918. The van der Waals surface area contributed by atoms with Crippen molar-refractivity contribution >= 4 is 15.9 Å². The number of hydrogen-bond acceptors (Lipinski definition) is 2. The molecule has 1 unspecified atom stereocenters. The third-order valence-electron chi connectivity index (χ3n) is 2.67. The molecule has 16 heavy (non-hydrogen) atoms. The number of aryl methyl sites for hydroxylation is 1. The Morgan fingerprint density at radius 3 is 2.38 bits per heavy atom. The molecule has 1 N–H and O–H groups in total. The number of nitrogens with zero attached hydrogens (tertiary/aromatic N) is 2. The minimum Gasteiger partial charge on any atom is -0.381 e. The SMILES string of the molecule is Cn1cc(C(C)(O)c2ccc(Br)cc2)cn1. The smallest absolute Gasteiger partial charge is 0.115 e. The molecule has 2 aromatic rings. The van der Waals surface area contributed by atoms with Gasteiger partial charge in [0.05, 0.1) is 6.20 Å². The Balaban J connectivity index is 2.42. The van der Waals surface area contributed by atoms with Crippen LogP contribution in [0.2, 0.25) is 0 Å². The van der Waals surface area contributed by atoms with Gasteiger partial charge in [0.25, 0.3) is 0 Å². The molecule has 0 radical (unpaired) electrons. The largest absolute Gasteiger partial charge is 0.381 e. The molecule has 1 heterocycles. The first-order chi connectivity index (χ1) is 7.50. The molecule has 84 valence electrons. The number of benzene rings is 1. The van der Waals surface area contributed by atoms with Gasteiger partial charge in [-0.3, -0.25) is 4.68 Å². The predicted molar refractivity (Wildman–Crippen MR) is 66.0 cm³/mol. The average Bonchev–Trinajstić information content (AvgIpc) is 2.66. The van der Waals surface area contributed by atoms with Crippen molar-refractivity contribution in [1.29, 1.82) is 0 Å². The Hall–Kier alpha value is -1.13. The van der Waals surface area contributed by atoms with E-state index in [1.54, 1.807) is 17.8 Å². The Bertz CT molecular complexity index is 488. The van der Waals surface area contributed by atoms with Gasteiger partial charge in [0.1, 0.15) is 5.60 Å². The van der Waals surface area contributed by atoms with Crippen LogP contribution in [0.3, 0.4) is 0 Å². The molecular formula is C12H13BrN2O. The van der Waals surface area contributed by atoms with Crippen LogP contribution in [0, 0.1) is 0 Å². The van der Waals surface area contributed by atoms with Crippen LogP contribution in [0.25, 0.3) is 0 Å². The zero-order valence-corrected chi connectivity index (χ0v) is 10.8. The van der Waals surface area contributed by atoms with E-state index >= 15 is 0 Å². The maximum Gasteiger partial charge on any atom is 0.115 e. The molecule has 0 saturated heterocycles. The molecule has 0 aliphatic carbocycles. The van der Waals surface area contributed by atoms with Crippen molar-refractivity contribution in [2.24, 2.45) is 7.05 Å². The Kier molecular flexibility index (Phi) is 2.86. The highest BCUT2D eigenvalue weighted by Gasteiger charge is 2.26. The van der Waals surface area contributed by atoms with E-state index in [4.69, 9.17) is 0 Å². The van der Waals surface area contributed by atoms with E-state index < -0.39 is 5.60 Å². The van der Waals surface area contributed by atoms with Crippen LogP contribution in [0.1, 0.15) is 18.1 Å². The molecule has 4 heteroatoms. The van der Waals surface area contributed by atoms with E-state index in [1.807, 2.05) is 37.5 Å². The second-order valence-corrected chi connectivity index (χ2v) is 4.90. The lowest BCUT2D eigenvalue weighted by atomic mass is 9.91. The summed E-state index contributed by atoms with van der Waals surface area (Å²) < 4.78 is 2.68. The highest BCUT2D eigenvalue weighted by molar-refractivity contribution is 9.10. The topological polar surface area (TPSA) is 38.0 Å². The van der Waals surface area contributed by atoms with Gasteiger partial charge < -0.3 is 5.11 Å². The molecule has 0 amide bonds. The Morgan fingerprint density at radius 2 is 1.88 bits per heavy atom. The summed E-state index contributed by atoms with van der Waals surface area (Å²) in [7, 11) is 1.83. The third kappa shape index (κ3) is 2.03. The molecule has 0 saturated carbocycles. The molecule has 0 spiro atoms.